The topological polar surface area (TPSA) is 43.6 Å². The van der Waals surface area contributed by atoms with Crippen molar-refractivity contribution in [2.45, 2.75) is 0 Å². The van der Waals surface area contributed by atoms with E-state index in [2.05, 4.69) is 31.2 Å². The summed E-state index contributed by atoms with van der Waals surface area (Å²) in [6.45, 7) is 0. The fourth-order valence-electron chi connectivity index (χ4n) is 0.639. The third-order valence-electron chi connectivity index (χ3n) is 1.08. The van der Waals surface area contributed by atoms with Crippen LogP contribution >= 0.6 is 15.9 Å². The van der Waals surface area contributed by atoms with Gasteiger partial charge in [0.1, 0.15) is 4.60 Å². The molecule has 2 heterocycles. The molecule has 0 aliphatic carbocycles. The molecule has 0 spiro atoms. The minimum Gasteiger partial charge on any atom is -0.220 e. The van der Waals surface area contributed by atoms with Crippen molar-refractivity contribution < 1.29 is 6.85 Å². The Morgan fingerprint density at radius 3 is 3.17 bits per heavy atom. The zero-order valence-corrected chi connectivity index (χ0v) is 7.25. The van der Waals surface area contributed by atoms with Crippen molar-refractivity contribution in [3.63, 3.8) is 0 Å². The van der Waals surface area contributed by atoms with Crippen LogP contribution in [0.1, 0.15) is 6.85 Å². The molecule has 2 aromatic heterocycles. The molecule has 12 heavy (non-hydrogen) atoms. The van der Waals surface area contributed by atoms with Crippen LogP contribution in [-0.2, 0) is 0 Å². The summed E-state index contributed by atoms with van der Waals surface area (Å²) in [5, 5.41) is 10.7. The Morgan fingerprint density at radius 2 is 2.42 bits per heavy atom. The van der Waals surface area contributed by atoms with Crippen molar-refractivity contribution in [3.05, 3.63) is 35.1 Å². The second-order valence-corrected chi connectivity index (χ2v) is 2.58. The van der Waals surface area contributed by atoms with Crippen LogP contribution in [0.15, 0.2) is 35.1 Å². The van der Waals surface area contributed by atoms with E-state index in [-0.39, 0.29) is 28.7 Å². The van der Waals surface area contributed by atoms with E-state index in [0.29, 0.717) is 0 Å². The molecule has 2 aromatic rings. The summed E-state index contributed by atoms with van der Waals surface area (Å²) in [5.41, 5.74) is 0. The Labute approximate surface area is 84.4 Å². The second-order valence-electron chi connectivity index (χ2n) is 1.82. The molecular formula is C7H5BrN4. The molecule has 0 amide bonds. The molecule has 0 unspecified atom stereocenters. The van der Waals surface area contributed by atoms with Gasteiger partial charge in [0.15, 0.2) is 5.82 Å². The van der Waals surface area contributed by atoms with Crippen molar-refractivity contribution in [2.24, 2.45) is 0 Å². The van der Waals surface area contributed by atoms with Crippen molar-refractivity contribution in [1.82, 2.24) is 20.0 Å². The Kier molecular flexibility index (Phi) is 0.920. The molecule has 0 bridgehead atoms. The number of rotatable bonds is 1. The van der Waals surface area contributed by atoms with Gasteiger partial charge in [-0.1, -0.05) is 0 Å². The highest BCUT2D eigenvalue weighted by atomic mass is 79.9. The Balaban J connectivity index is 2.69. The van der Waals surface area contributed by atoms with E-state index in [1.165, 1.54) is 0 Å². The lowest BCUT2D eigenvalue weighted by Crippen LogP contribution is -1.98. The average Bonchev–Trinajstić information content (AvgIpc) is 2.54. The Hall–Kier alpha value is -1.23. The van der Waals surface area contributed by atoms with E-state index in [0.717, 1.165) is 4.68 Å². The predicted molar refractivity (Wildman–Crippen MR) is 46.9 cm³/mol. The average molecular weight is 230 g/mol. The Bertz CT molecular complexity index is 598. The van der Waals surface area contributed by atoms with Crippen LogP contribution in [0, 0.1) is 0 Å². The SMILES string of the molecule is [2H]c1nnc(-n2nc(Br)c([2H])c2[2H])c([2H])c1[2H]. The first-order valence-corrected chi connectivity index (χ1v) is 3.75. The number of aromatic nitrogens is 4. The van der Waals surface area contributed by atoms with Crippen LogP contribution in [0.4, 0.5) is 0 Å². The molecular weight excluding hydrogens is 220 g/mol. The van der Waals surface area contributed by atoms with Gasteiger partial charge < -0.3 is 0 Å². The quantitative estimate of drug-likeness (QED) is 0.744. The summed E-state index contributed by atoms with van der Waals surface area (Å²) < 4.78 is 38.4. The minimum absolute atomic E-state index is 0.143. The van der Waals surface area contributed by atoms with Crippen LogP contribution in [0.3, 0.4) is 0 Å². The highest BCUT2D eigenvalue weighted by Crippen LogP contribution is 2.07. The van der Waals surface area contributed by atoms with Crippen molar-refractivity contribution in [2.75, 3.05) is 0 Å². The number of halogens is 1. The fraction of sp³-hybridized carbons (Fsp3) is 0. The molecule has 0 radical (unpaired) electrons. The zero-order valence-electron chi connectivity index (χ0n) is 10.7. The Morgan fingerprint density at radius 1 is 1.50 bits per heavy atom. The van der Waals surface area contributed by atoms with Gasteiger partial charge in [0.05, 0.1) is 6.85 Å². The smallest absolute Gasteiger partial charge is 0.175 e. The first-order valence-electron chi connectivity index (χ1n) is 5.46. The van der Waals surface area contributed by atoms with Crippen LogP contribution in [0.25, 0.3) is 5.82 Å². The van der Waals surface area contributed by atoms with Gasteiger partial charge in [0, 0.05) is 12.3 Å². The highest BCUT2D eigenvalue weighted by molar-refractivity contribution is 9.10. The maximum Gasteiger partial charge on any atom is 0.175 e. The molecule has 0 atom stereocenters. The maximum atomic E-state index is 7.62. The molecule has 0 aliphatic rings. The van der Waals surface area contributed by atoms with Crippen LogP contribution < -0.4 is 0 Å². The molecule has 4 nitrogen and oxygen atoms in total. The predicted octanol–water partition coefficient (Wildman–Crippen LogP) is 1.42. The van der Waals surface area contributed by atoms with E-state index in [1.807, 2.05) is 0 Å². The molecule has 0 N–H and O–H groups in total. The van der Waals surface area contributed by atoms with E-state index >= 15 is 0 Å². The molecule has 60 valence electrons. The summed E-state index contributed by atoms with van der Waals surface area (Å²) in [6.07, 6.45) is -0.681. The number of hydrogen-bond donors (Lipinski definition) is 0. The van der Waals surface area contributed by atoms with Crippen molar-refractivity contribution >= 4 is 15.9 Å². The second kappa shape index (κ2) is 3.02. The summed E-state index contributed by atoms with van der Waals surface area (Å²) in [4.78, 5) is 0. The lowest BCUT2D eigenvalue weighted by Gasteiger charge is -1.95. The molecule has 0 aromatic carbocycles. The van der Waals surface area contributed by atoms with Gasteiger partial charge in [-0.2, -0.15) is 10.2 Å². The van der Waals surface area contributed by atoms with Crippen LogP contribution in [0.5, 0.6) is 0 Å². The zero-order chi connectivity index (χ0) is 12.7. The van der Waals surface area contributed by atoms with Crippen LogP contribution in [-0.4, -0.2) is 20.0 Å². The molecule has 0 fully saturated rings. The highest BCUT2D eigenvalue weighted by Gasteiger charge is 1.97. The van der Waals surface area contributed by atoms with Gasteiger partial charge in [0.25, 0.3) is 0 Å². The lowest BCUT2D eigenvalue weighted by atomic mass is 10.5. The third-order valence-corrected chi connectivity index (χ3v) is 1.44. The molecule has 0 saturated carbocycles. The van der Waals surface area contributed by atoms with Gasteiger partial charge in [-0.15, -0.1) is 5.10 Å². The first kappa shape index (κ1) is 3.66. The van der Waals surface area contributed by atoms with E-state index in [9.17, 15) is 0 Å². The minimum atomic E-state index is -0.414. The number of hydrogen-bond acceptors (Lipinski definition) is 3. The van der Waals surface area contributed by atoms with E-state index < -0.39 is 12.2 Å². The molecule has 2 rings (SSSR count). The molecule has 0 saturated heterocycles. The summed E-state index contributed by atoms with van der Waals surface area (Å²) in [5.74, 6) is -0.143. The lowest BCUT2D eigenvalue weighted by molar-refractivity contribution is 0.808. The van der Waals surface area contributed by atoms with Gasteiger partial charge in [0.2, 0.25) is 0 Å². The summed E-state index contributed by atoms with van der Waals surface area (Å²) >= 11 is 2.99. The molecule has 5 heteroatoms. The normalized spacial score (nSPS) is 15.9. The van der Waals surface area contributed by atoms with E-state index in [4.69, 9.17) is 6.85 Å². The maximum absolute atomic E-state index is 7.62. The van der Waals surface area contributed by atoms with Gasteiger partial charge in [-0.05, 0) is 34.1 Å². The standard InChI is InChI=1S/C7H5BrN4/c8-6-3-5-12(11-6)7-2-1-4-9-10-7/h1-5H/i1D,2D,3D,4D,5D. The summed E-state index contributed by atoms with van der Waals surface area (Å²) in [6, 6.07) is -0.895. The van der Waals surface area contributed by atoms with Crippen LogP contribution in [0.2, 0.25) is 0 Å². The molecule has 0 aliphatic heterocycles. The number of nitrogens with zero attached hydrogens (tertiary/aromatic N) is 4. The van der Waals surface area contributed by atoms with Crippen molar-refractivity contribution in [3.8, 4) is 5.82 Å². The van der Waals surface area contributed by atoms with E-state index in [1.54, 1.807) is 0 Å². The summed E-state index contributed by atoms with van der Waals surface area (Å²) in [7, 11) is 0. The van der Waals surface area contributed by atoms with Gasteiger partial charge in [-0.25, -0.2) is 4.68 Å². The largest absolute Gasteiger partial charge is 0.220 e. The fourth-order valence-corrected chi connectivity index (χ4v) is 0.886. The monoisotopic (exact) mass is 229 g/mol. The first-order chi connectivity index (χ1) is 7.93. The van der Waals surface area contributed by atoms with Crippen molar-refractivity contribution in [1.29, 1.82) is 0 Å². The van der Waals surface area contributed by atoms with Gasteiger partial charge in [-0.3, -0.25) is 0 Å². The van der Waals surface area contributed by atoms with Gasteiger partial charge >= 0.3 is 0 Å². The third kappa shape index (κ3) is 1.35.